The van der Waals surface area contributed by atoms with Crippen LogP contribution >= 0.6 is 0 Å². The molecule has 6 rings (SSSR count). The predicted molar refractivity (Wildman–Crippen MR) is 140 cm³/mol. The van der Waals surface area contributed by atoms with Gasteiger partial charge in [0.2, 0.25) is 11.8 Å². The fraction of sp³-hybridized carbons (Fsp3) is 0.586. The Labute approximate surface area is 218 Å². The minimum absolute atomic E-state index is 0.0213. The third-order valence-electron chi connectivity index (χ3n) is 7.90. The molecular formula is C29H37N5O3. The quantitative estimate of drug-likeness (QED) is 0.326. The van der Waals surface area contributed by atoms with Crippen molar-refractivity contribution < 1.29 is 14.1 Å². The highest BCUT2D eigenvalue weighted by molar-refractivity contribution is 5.95. The maximum Gasteiger partial charge on any atom is 0.230 e. The van der Waals surface area contributed by atoms with Crippen LogP contribution in [-0.4, -0.2) is 45.6 Å². The Morgan fingerprint density at radius 1 is 1.03 bits per heavy atom. The van der Waals surface area contributed by atoms with Crippen molar-refractivity contribution in [3.63, 3.8) is 0 Å². The molecule has 2 aliphatic carbocycles. The summed E-state index contributed by atoms with van der Waals surface area (Å²) in [4.78, 5) is 20.2. The number of ether oxygens (including phenoxy) is 1. The van der Waals surface area contributed by atoms with Crippen molar-refractivity contribution in [2.45, 2.75) is 76.0 Å². The third kappa shape index (κ3) is 5.79. The summed E-state index contributed by atoms with van der Waals surface area (Å²) < 4.78 is 13.0. The van der Waals surface area contributed by atoms with E-state index in [1.54, 1.807) is 0 Å². The second-order valence-corrected chi connectivity index (χ2v) is 10.9. The second-order valence-electron chi connectivity index (χ2n) is 10.9. The first kappa shape index (κ1) is 24.3. The molecule has 0 unspecified atom stereocenters. The van der Waals surface area contributed by atoms with Crippen molar-refractivity contribution in [2.75, 3.05) is 24.7 Å². The number of carbonyl (C=O) groups excluding carboxylic acids is 1. The maximum absolute atomic E-state index is 13.7. The molecule has 3 aromatic rings. The fourth-order valence-electron chi connectivity index (χ4n) is 5.35. The van der Waals surface area contributed by atoms with Crippen molar-refractivity contribution in [3.05, 3.63) is 47.7 Å². The average Bonchev–Trinajstić information content (AvgIpc) is 3.87. The molecule has 1 aliphatic heterocycles. The van der Waals surface area contributed by atoms with E-state index in [1.165, 1.54) is 31.4 Å². The number of hydrogen-bond acceptors (Lipinski definition) is 6. The van der Waals surface area contributed by atoms with E-state index in [9.17, 15) is 4.79 Å². The van der Waals surface area contributed by atoms with Gasteiger partial charge in [0.05, 0.1) is 5.69 Å². The third-order valence-corrected chi connectivity index (χ3v) is 7.90. The van der Waals surface area contributed by atoms with Gasteiger partial charge < -0.3 is 14.2 Å². The lowest BCUT2D eigenvalue weighted by Gasteiger charge is -2.30. The van der Waals surface area contributed by atoms with E-state index in [4.69, 9.17) is 14.4 Å². The van der Waals surface area contributed by atoms with Crippen LogP contribution in [0, 0.1) is 5.92 Å². The molecule has 8 nitrogen and oxygen atoms in total. The molecule has 8 heteroatoms. The number of anilines is 1. The Hall–Kier alpha value is -3.00. The van der Waals surface area contributed by atoms with Gasteiger partial charge in [-0.1, -0.05) is 23.7 Å². The van der Waals surface area contributed by atoms with Crippen LogP contribution in [0.5, 0.6) is 0 Å². The van der Waals surface area contributed by atoms with Crippen molar-refractivity contribution in [3.8, 4) is 11.3 Å². The first-order chi connectivity index (χ1) is 18.2. The van der Waals surface area contributed by atoms with Gasteiger partial charge in [-0.3, -0.25) is 9.48 Å². The van der Waals surface area contributed by atoms with Crippen LogP contribution in [0.4, 0.5) is 5.69 Å². The molecule has 0 N–H and O–H groups in total. The minimum Gasteiger partial charge on any atom is -0.381 e. The molecule has 1 amide bonds. The number of carbonyl (C=O) groups is 1. The second kappa shape index (κ2) is 10.8. The molecular weight excluding hydrogens is 466 g/mol. The minimum atomic E-state index is 0.0213. The van der Waals surface area contributed by atoms with E-state index >= 15 is 0 Å². The number of rotatable bonds is 11. The monoisotopic (exact) mass is 503 g/mol. The van der Waals surface area contributed by atoms with Crippen LogP contribution in [0.2, 0.25) is 0 Å². The standard InChI is InChI=1S/C29H37N5O3/c1-33-26(20-9-10-20)19-25(31-33)23-6-5-7-24(18-23)34(29(35)22-13-16-36-17-14-22)15-4-2-3-8-27-30-28(32-37-27)21-11-12-21/h5-7,18-22H,2-4,8-17H2,1H3. The number of amides is 1. The van der Waals surface area contributed by atoms with E-state index in [0.29, 0.717) is 31.6 Å². The number of aryl methyl sites for hydroxylation is 2. The molecule has 3 aliphatic rings. The summed E-state index contributed by atoms with van der Waals surface area (Å²) in [5, 5.41) is 8.90. The molecule has 3 fully saturated rings. The predicted octanol–water partition coefficient (Wildman–Crippen LogP) is 5.40. The maximum atomic E-state index is 13.7. The first-order valence-electron chi connectivity index (χ1n) is 14.0. The number of unbranched alkanes of at least 4 members (excludes halogenated alkanes) is 2. The highest BCUT2D eigenvalue weighted by Gasteiger charge is 2.30. The molecule has 1 aromatic carbocycles. The van der Waals surface area contributed by atoms with Crippen LogP contribution in [0.25, 0.3) is 11.3 Å². The van der Waals surface area contributed by atoms with Crippen LogP contribution in [-0.2, 0) is 23.0 Å². The Morgan fingerprint density at radius 3 is 2.62 bits per heavy atom. The van der Waals surface area contributed by atoms with Crippen molar-refractivity contribution in [2.24, 2.45) is 13.0 Å². The van der Waals surface area contributed by atoms with Gasteiger partial charge in [-0.2, -0.15) is 10.1 Å². The van der Waals surface area contributed by atoms with Crippen LogP contribution in [0.15, 0.2) is 34.9 Å². The average molecular weight is 504 g/mol. The zero-order valence-corrected chi connectivity index (χ0v) is 21.8. The number of aromatic nitrogens is 4. The van der Waals surface area contributed by atoms with E-state index < -0.39 is 0 Å². The smallest absolute Gasteiger partial charge is 0.230 e. The van der Waals surface area contributed by atoms with E-state index in [1.807, 2.05) is 22.7 Å². The summed E-state index contributed by atoms with van der Waals surface area (Å²) in [6, 6.07) is 10.6. The van der Waals surface area contributed by atoms with Crippen LogP contribution in [0.1, 0.15) is 87.0 Å². The molecule has 196 valence electrons. The summed E-state index contributed by atoms with van der Waals surface area (Å²) >= 11 is 0. The van der Waals surface area contributed by atoms with E-state index in [-0.39, 0.29) is 11.8 Å². The lowest BCUT2D eigenvalue weighted by molar-refractivity contribution is -0.125. The number of nitrogens with zero attached hydrogens (tertiary/aromatic N) is 5. The number of benzene rings is 1. The Balaban J connectivity index is 1.13. The molecule has 0 bridgehead atoms. The Morgan fingerprint density at radius 2 is 1.84 bits per heavy atom. The van der Waals surface area contributed by atoms with Gasteiger partial charge in [0, 0.05) is 67.9 Å². The van der Waals surface area contributed by atoms with Gasteiger partial charge in [-0.25, -0.2) is 0 Å². The summed E-state index contributed by atoms with van der Waals surface area (Å²) in [5.74, 6) is 3.02. The largest absolute Gasteiger partial charge is 0.381 e. The fourth-order valence-corrected chi connectivity index (χ4v) is 5.35. The van der Waals surface area contributed by atoms with Gasteiger partial charge in [-0.15, -0.1) is 0 Å². The molecule has 3 heterocycles. The normalized spacial score (nSPS) is 18.3. The van der Waals surface area contributed by atoms with Gasteiger partial charge in [0.15, 0.2) is 5.82 Å². The highest BCUT2D eigenvalue weighted by atomic mass is 16.5. The molecule has 1 saturated heterocycles. The zero-order valence-electron chi connectivity index (χ0n) is 21.8. The van der Waals surface area contributed by atoms with Crippen LogP contribution in [0.3, 0.4) is 0 Å². The molecule has 0 spiro atoms. The zero-order chi connectivity index (χ0) is 25.2. The van der Waals surface area contributed by atoms with Gasteiger partial charge in [0.1, 0.15) is 0 Å². The lowest BCUT2D eigenvalue weighted by atomic mass is 9.97. The van der Waals surface area contributed by atoms with Crippen molar-refractivity contribution in [1.82, 2.24) is 19.9 Å². The molecule has 2 saturated carbocycles. The van der Waals surface area contributed by atoms with E-state index in [2.05, 4.69) is 34.4 Å². The molecule has 37 heavy (non-hydrogen) atoms. The summed E-state index contributed by atoms with van der Waals surface area (Å²) in [7, 11) is 2.03. The molecule has 2 aromatic heterocycles. The van der Waals surface area contributed by atoms with Gasteiger partial charge in [0.25, 0.3) is 0 Å². The summed E-state index contributed by atoms with van der Waals surface area (Å²) in [6.45, 7) is 2.02. The van der Waals surface area contributed by atoms with Crippen molar-refractivity contribution >= 4 is 11.6 Å². The summed E-state index contributed by atoms with van der Waals surface area (Å²) in [6.07, 6.45) is 10.2. The number of hydrogen-bond donors (Lipinski definition) is 0. The lowest BCUT2D eigenvalue weighted by Crippen LogP contribution is -2.39. The Bertz CT molecular complexity index is 1220. The SMILES string of the molecule is Cn1nc(-c2cccc(N(CCCCCc3nc(C4CC4)no3)C(=O)C3CCOCC3)c2)cc1C1CC1. The van der Waals surface area contributed by atoms with E-state index in [0.717, 1.165) is 67.2 Å². The topological polar surface area (TPSA) is 86.3 Å². The summed E-state index contributed by atoms with van der Waals surface area (Å²) in [5.41, 5.74) is 4.31. The van der Waals surface area contributed by atoms with Gasteiger partial charge >= 0.3 is 0 Å². The van der Waals surface area contributed by atoms with Crippen molar-refractivity contribution in [1.29, 1.82) is 0 Å². The molecule has 0 atom stereocenters. The first-order valence-corrected chi connectivity index (χ1v) is 14.0. The van der Waals surface area contributed by atoms with Crippen LogP contribution < -0.4 is 4.90 Å². The van der Waals surface area contributed by atoms with Gasteiger partial charge in [-0.05, 0) is 69.6 Å². The highest BCUT2D eigenvalue weighted by Crippen LogP contribution is 2.41. The molecule has 0 radical (unpaired) electrons. The Kier molecular flexibility index (Phi) is 7.09.